The standard InChI is InChI=1S/C16H20N2O/c1-11(2)19-13-7-8-16-15(10-13)14(6-5-9-17)12(3)18(16)4/h7-8,10-11H,5-6H2,1-4H3. The number of nitrogens with zero attached hydrogens (tertiary/aromatic N) is 2. The molecule has 0 aliphatic rings. The molecule has 0 radical (unpaired) electrons. The molecular weight excluding hydrogens is 236 g/mol. The summed E-state index contributed by atoms with van der Waals surface area (Å²) in [6, 6.07) is 8.42. The summed E-state index contributed by atoms with van der Waals surface area (Å²) in [7, 11) is 2.07. The van der Waals surface area contributed by atoms with Crippen LogP contribution in [0.15, 0.2) is 18.2 Å². The fraction of sp³-hybridized carbons (Fsp3) is 0.438. The van der Waals surface area contributed by atoms with Gasteiger partial charge in [0.05, 0.1) is 12.2 Å². The number of aromatic nitrogens is 1. The van der Waals surface area contributed by atoms with E-state index < -0.39 is 0 Å². The molecule has 0 aliphatic carbocycles. The summed E-state index contributed by atoms with van der Waals surface area (Å²) in [5, 5.41) is 9.99. The highest BCUT2D eigenvalue weighted by molar-refractivity contribution is 5.86. The number of nitriles is 1. The first kappa shape index (κ1) is 13.5. The Kier molecular flexibility index (Phi) is 3.80. The van der Waals surface area contributed by atoms with E-state index in [1.54, 1.807) is 0 Å². The summed E-state index contributed by atoms with van der Waals surface area (Å²) < 4.78 is 7.94. The number of hydrogen-bond donors (Lipinski definition) is 0. The molecular formula is C16H20N2O. The average molecular weight is 256 g/mol. The Balaban J connectivity index is 2.52. The van der Waals surface area contributed by atoms with Gasteiger partial charge in [-0.3, -0.25) is 0 Å². The zero-order valence-corrected chi connectivity index (χ0v) is 12.0. The predicted molar refractivity (Wildman–Crippen MR) is 77.4 cm³/mol. The Hall–Kier alpha value is -1.95. The molecule has 0 saturated carbocycles. The lowest BCUT2D eigenvalue weighted by Crippen LogP contribution is -2.05. The van der Waals surface area contributed by atoms with Gasteiger partial charge in [-0.05, 0) is 51.0 Å². The fourth-order valence-corrected chi connectivity index (χ4v) is 2.47. The first-order valence-electron chi connectivity index (χ1n) is 6.66. The molecule has 0 fully saturated rings. The lowest BCUT2D eigenvalue weighted by Gasteiger charge is -2.10. The van der Waals surface area contributed by atoms with Gasteiger partial charge < -0.3 is 9.30 Å². The maximum absolute atomic E-state index is 8.79. The van der Waals surface area contributed by atoms with Crippen molar-refractivity contribution < 1.29 is 4.74 Å². The van der Waals surface area contributed by atoms with Gasteiger partial charge in [-0.2, -0.15) is 5.26 Å². The smallest absolute Gasteiger partial charge is 0.120 e. The molecule has 1 aromatic carbocycles. The quantitative estimate of drug-likeness (QED) is 0.836. The fourth-order valence-electron chi connectivity index (χ4n) is 2.47. The van der Waals surface area contributed by atoms with E-state index in [0.29, 0.717) is 6.42 Å². The Bertz CT molecular complexity index is 632. The third-order valence-electron chi connectivity index (χ3n) is 3.45. The molecule has 0 N–H and O–H groups in total. The lowest BCUT2D eigenvalue weighted by molar-refractivity contribution is 0.243. The molecule has 2 rings (SSSR count). The molecule has 100 valence electrons. The van der Waals surface area contributed by atoms with Crippen LogP contribution in [0.1, 0.15) is 31.5 Å². The monoisotopic (exact) mass is 256 g/mol. The third-order valence-corrected chi connectivity index (χ3v) is 3.45. The molecule has 19 heavy (non-hydrogen) atoms. The molecule has 3 heteroatoms. The SMILES string of the molecule is Cc1c(CCC#N)c2cc(OC(C)C)ccc2n1C. The Morgan fingerprint density at radius 3 is 2.74 bits per heavy atom. The molecule has 0 amide bonds. The Morgan fingerprint density at radius 1 is 1.37 bits per heavy atom. The van der Waals surface area contributed by atoms with Crippen LogP contribution in [0.2, 0.25) is 0 Å². The maximum atomic E-state index is 8.79. The van der Waals surface area contributed by atoms with Gasteiger partial charge in [0.15, 0.2) is 0 Å². The number of aryl methyl sites for hydroxylation is 2. The maximum Gasteiger partial charge on any atom is 0.120 e. The zero-order valence-electron chi connectivity index (χ0n) is 12.0. The molecule has 3 nitrogen and oxygen atoms in total. The minimum Gasteiger partial charge on any atom is -0.491 e. The van der Waals surface area contributed by atoms with Crippen molar-refractivity contribution in [1.82, 2.24) is 4.57 Å². The van der Waals surface area contributed by atoms with Crippen molar-refractivity contribution in [2.75, 3.05) is 0 Å². The van der Waals surface area contributed by atoms with E-state index >= 15 is 0 Å². The second kappa shape index (κ2) is 5.36. The molecule has 0 spiro atoms. The van der Waals surface area contributed by atoms with Crippen LogP contribution in [0, 0.1) is 18.3 Å². The molecule has 0 atom stereocenters. The van der Waals surface area contributed by atoms with Crippen molar-refractivity contribution in [3.63, 3.8) is 0 Å². The van der Waals surface area contributed by atoms with Gasteiger partial charge in [0, 0.05) is 30.1 Å². The Morgan fingerprint density at radius 2 is 2.11 bits per heavy atom. The van der Waals surface area contributed by atoms with Crippen LogP contribution in [-0.4, -0.2) is 10.7 Å². The van der Waals surface area contributed by atoms with Crippen molar-refractivity contribution in [3.8, 4) is 11.8 Å². The zero-order chi connectivity index (χ0) is 14.0. The normalized spacial score (nSPS) is 10.9. The van der Waals surface area contributed by atoms with Gasteiger partial charge >= 0.3 is 0 Å². The van der Waals surface area contributed by atoms with Gasteiger partial charge in [0.2, 0.25) is 0 Å². The van der Waals surface area contributed by atoms with Crippen LogP contribution in [0.4, 0.5) is 0 Å². The van der Waals surface area contributed by atoms with E-state index in [4.69, 9.17) is 10.00 Å². The highest BCUT2D eigenvalue weighted by Gasteiger charge is 2.12. The third kappa shape index (κ3) is 2.58. The Labute approximate surface area is 114 Å². The topological polar surface area (TPSA) is 37.9 Å². The van der Waals surface area contributed by atoms with Gasteiger partial charge in [0.25, 0.3) is 0 Å². The summed E-state index contributed by atoms with van der Waals surface area (Å²) in [6.45, 7) is 6.16. The molecule has 0 aliphatic heterocycles. The highest BCUT2D eigenvalue weighted by atomic mass is 16.5. The largest absolute Gasteiger partial charge is 0.491 e. The van der Waals surface area contributed by atoms with Crippen LogP contribution in [0.5, 0.6) is 5.75 Å². The highest BCUT2D eigenvalue weighted by Crippen LogP contribution is 2.29. The van der Waals surface area contributed by atoms with Gasteiger partial charge in [-0.1, -0.05) is 0 Å². The van der Waals surface area contributed by atoms with Crippen molar-refractivity contribution in [3.05, 3.63) is 29.5 Å². The minimum atomic E-state index is 0.171. The lowest BCUT2D eigenvalue weighted by atomic mass is 10.1. The van der Waals surface area contributed by atoms with Crippen molar-refractivity contribution in [2.45, 2.75) is 39.7 Å². The second-order valence-corrected chi connectivity index (χ2v) is 5.13. The molecule has 1 aromatic heterocycles. The van der Waals surface area contributed by atoms with E-state index in [0.717, 1.165) is 12.2 Å². The van der Waals surface area contributed by atoms with Gasteiger partial charge in [-0.25, -0.2) is 0 Å². The van der Waals surface area contributed by atoms with Crippen LogP contribution >= 0.6 is 0 Å². The molecule has 0 saturated heterocycles. The predicted octanol–water partition coefficient (Wildman–Crippen LogP) is 3.73. The first-order chi connectivity index (χ1) is 9.04. The molecule has 1 heterocycles. The van der Waals surface area contributed by atoms with E-state index in [1.807, 2.05) is 19.9 Å². The number of fused-ring (bicyclic) bond motifs is 1. The second-order valence-electron chi connectivity index (χ2n) is 5.13. The number of ether oxygens (including phenoxy) is 1. The van der Waals surface area contributed by atoms with Gasteiger partial charge in [0.1, 0.15) is 5.75 Å². The van der Waals surface area contributed by atoms with E-state index in [2.05, 4.69) is 36.7 Å². The molecule has 0 bridgehead atoms. The summed E-state index contributed by atoms with van der Waals surface area (Å²) in [6.07, 6.45) is 1.52. The van der Waals surface area contributed by atoms with E-state index in [9.17, 15) is 0 Å². The summed E-state index contributed by atoms with van der Waals surface area (Å²) in [5.74, 6) is 0.895. The van der Waals surface area contributed by atoms with Crippen LogP contribution in [-0.2, 0) is 13.5 Å². The van der Waals surface area contributed by atoms with Crippen molar-refractivity contribution in [1.29, 1.82) is 5.26 Å². The average Bonchev–Trinajstić information content (AvgIpc) is 2.59. The van der Waals surface area contributed by atoms with Crippen molar-refractivity contribution in [2.24, 2.45) is 7.05 Å². The van der Waals surface area contributed by atoms with Crippen molar-refractivity contribution >= 4 is 10.9 Å². The molecule has 2 aromatic rings. The number of rotatable bonds is 4. The summed E-state index contributed by atoms with van der Waals surface area (Å²) in [5.41, 5.74) is 3.68. The van der Waals surface area contributed by atoms with Gasteiger partial charge in [-0.15, -0.1) is 0 Å². The molecule has 0 unspecified atom stereocenters. The minimum absolute atomic E-state index is 0.171. The van der Waals surface area contributed by atoms with E-state index in [-0.39, 0.29) is 6.10 Å². The first-order valence-corrected chi connectivity index (χ1v) is 6.66. The van der Waals surface area contributed by atoms with Crippen LogP contribution < -0.4 is 4.74 Å². The summed E-state index contributed by atoms with van der Waals surface area (Å²) in [4.78, 5) is 0. The van der Waals surface area contributed by atoms with Crippen LogP contribution in [0.3, 0.4) is 0 Å². The number of hydrogen-bond acceptors (Lipinski definition) is 2. The van der Waals surface area contributed by atoms with E-state index in [1.165, 1.54) is 22.2 Å². The number of benzene rings is 1. The van der Waals surface area contributed by atoms with Crippen LogP contribution in [0.25, 0.3) is 10.9 Å². The summed E-state index contributed by atoms with van der Waals surface area (Å²) >= 11 is 0.